The molecule has 1 saturated heterocycles. The third-order valence-electron chi connectivity index (χ3n) is 10.7. The van der Waals surface area contributed by atoms with E-state index in [1.54, 1.807) is 11.8 Å². The van der Waals surface area contributed by atoms with Crippen molar-refractivity contribution in [3.05, 3.63) is 89.0 Å². The molecular weight excluding hydrogens is 634 g/mol. The van der Waals surface area contributed by atoms with Gasteiger partial charge in [0.15, 0.2) is 0 Å². The molecule has 3 heterocycles. The quantitative estimate of drug-likeness (QED) is 0.277. The number of carbonyl (C=O) groups excluding carboxylic acids is 2. The van der Waals surface area contributed by atoms with Crippen LogP contribution in [-0.2, 0) is 16.6 Å². The molecule has 10 heteroatoms. The van der Waals surface area contributed by atoms with Crippen molar-refractivity contribution in [2.45, 2.75) is 78.8 Å². The second kappa shape index (κ2) is 13.8. The van der Waals surface area contributed by atoms with Crippen LogP contribution in [0.5, 0.6) is 0 Å². The number of amides is 2. The van der Waals surface area contributed by atoms with Gasteiger partial charge in [0.2, 0.25) is 5.91 Å². The molecular formula is C38H43F3N4O2S. The Balaban J connectivity index is 1.03. The van der Waals surface area contributed by atoms with E-state index in [4.69, 9.17) is 0 Å². The first kappa shape index (κ1) is 33.0. The monoisotopic (exact) mass is 676 g/mol. The number of hydrogen-bond acceptors (Lipinski definition) is 5. The first-order valence-corrected chi connectivity index (χ1v) is 18.2. The zero-order valence-corrected chi connectivity index (χ0v) is 28.1. The number of piperazine rings is 1. The second-order valence-electron chi connectivity index (χ2n) is 13.6. The van der Waals surface area contributed by atoms with Crippen LogP contribution in [0, 0.1) is 0 Å². The topological polar surface area (TPSA) is 55.9 Å². The number of alkyl halides is 3. The van der Waals surface area contributed by atoms with Gasteiger partial charge >= 0.3 is 6.18 Å². The fraction of sp³-hybridized carbons (Fsp3) is 0.474. The number of carbonyl (C=O) groups is 2. The zero-order valence-electron chi connectivity index (χ0n) is 27.2. The number of anilines is 1. The third-order valence-corrected chi connectivity index (χ3v) is 11.9. The lowest BCUT2D eigenvalue weighted by Crippen LogP contribution is -2.50. The summed E-state index contributed by atoms with van der Waals surface area (Å²) in [5, 5.41) is 2.25. The molecule has 2 fully saturated rings. The third kappa shape index (κ3) is 6.58. The normalized spacial score (nSPS) is 19.8. The van der Waals surface area contributed by atoms with Crippen LogP contribution in [-0.4, -0.2) is 79.6 Å². The first-order chi connectivity index (χ1) is 23.2. The SMILES string of the molecule is O=C1c2cc(N3CCN(CCCC4(C(=O)NCC(F)(F)F)c5ccccc5Sc5ccccc54)CC3)ccc2CCN1C1CCCCC1. The first-order valence-electron chi connectivity index (χ1n) is 17.4. The maximum atomic E-state index is 13.9. The largest absolute Gasteiger partial charge is 0.405 e. The predicted molar refractivity (Wildman–Crippen MR) is 183 cm³/mol. The summed E-state index contributed by atoms with van der Waals surface area (Å²) in [4.78, 5) is 36.2. The van der Waals surface area contributed by atoms with Gasteiger partial charge in [0.25, 0.3) is 5.91 Å². The lowest BCUT2D eigenvalue weighted by molar-refractivity contribution is -0.141. The Morgan fingerprint density at radius 1 is 0.875 bits per heavy atom. The smallest absolute Gasteiger partial charge is 0.369 e. The Hall–Kier alpha value is -3.50. The van der Waals surface area contributed by atoms with Crippen molar-refractivity contribution in [2.75, 3.05) is 50.7 Å². The van der Waals surface area contributed by atoms with Crippen molar-refractivity contribution >= 4 is 29.3 Å². The van der Waals surface area contributed by atoms with E-state index in [2.05, 4.69) is 38.2 Å². The van der Waals surface area contributed by atoms with Gasteiger partial charge in [0.05, 0.1) is 0 Å². The van der Waals surface area contributed by atoms with E-state index in [-0.39, 0.29) is 5.91 Å². The Morgan fingerprint density at radius 2 is 1.54 bits per heavy atom. The summed E-state index contributed by atoms with van der Waals surface area (Å²) >= 11 is 1.56. The summed E-state index contributed by atoms with van der Waals surface area (Å²) < 4.78 is 39.9. The Labute approximate surface area is 285 Å². The molecule has 3 aromatic rings. The molecule has 7 rings (SSSR count). The molecule has 0 aromatic heterocycles. The van der Waals surface area contributed by atoms with Crippen molar-refractivity contribution in [3.63, 3.8) is 0 Å². The van der Waals surface area contributed by atoms with Gasteiger partial charge in [-0.25, -0.2) is 0 Å². The molecule has 4 aliphatic rings. The number of hydrogen-bond donors (Lipinski definition) is 1. The maximum Gasteiger partial charge on any atom is 0.405 e. The van der Waals surface area contributed by atoms with Gasteiger partial charge in [-0.1, -0.05) is 73.5 Å². The minimum atomic E-state index is -4.50. The predicted octanol–water partition coefficient (Wildman–Crippen LogP) is 7.05. The van der Waals surface area contributed by atoms with Gasteiger partial charge in [-0.05, 0) is 79.6 Å². The molecule has 1 N–H and O–H groups in total. The molecule has 0 atom stereocenters. The molecule has 3 aromatic carbocycles. The van der Waals surface area contributed by atoms with Crippen molar-refractivity contribution in [1.82, 2.24) is 15.1 Å². The van der Waals surface area contributed by atoms with Gasteiger partial charge in [-0.3, -0.25) is 14.5 Å². The number of benzene rings is 3. The Bertz CT molecular complexity index is 1600. The number of fused-ring (bicyclic) bond motifs is 3. The molecule has 2 amide bonds. The number of nitrogens with zero attached hydrogens (tertiary/aromatic N) is 3. The van der Waals surface area contributed by atoms with E-state index in [1.165, 1.54) is 19.3 Å². The van der Waals surface area contributed by atoms with Crippen LogP contribution < -0.4 is 10.2 Å². The maximum absolute atomic E-state index is 13.9. The van der Waals surface area contributed by atoms with Crippen LogP contribution in [0.25, 0.3) is 0 Å². The van der Waals surface area contributed by atoms with E-state index < -0.39 is 24.0 Å². The highest BCUT2D eigenvalue weighted by Crippen LogP contribution is 2.51. The lowest BCUT2D eigenvalue weighted by Gasteiger charge is -2.41. The standard InChI is InChI=1S/C38H43F3N4O2S/c39-38(40,41)26-42-36(47)37(31-11-4-6-13-33(31)48-34-14-7-5-12-32(34)37)18-8-19-43-21-23-44(24-22-43)29-16-15-27-17-20-45(35(46)30(27)25-29)28-9-2-1-3-10-28/h4-7,11-16,25,28H,1-3,8-10,17-24,26H2,(H,42,47). The fourth-order valence-corrected chi connectivity index (χ4v) is 9.49. The highest BCUT2D eigenvalue weighted by Gasteiger charge is 2.47. The summed E-state index contributed by atoms with van der Waals surface area (Å²) in [7, 11) is 0. The molecule has 0 spiro atoms. The molecule has 254 valence electrons. The highest BCUT2D eigenvalue weighted by atomic mass is 32.2. The average Bonchev–Trinajstić information content (AvgIpc) is 3.10. The summed E-state index contributed by atoms with van der Waals surface area (Å²) in [6.45, 7) is 3.48. The van der Waals surface area contributed by atoms with Crippen LogP contribution in [0.15, 0.2) is 76.5 Å². The number of nitrogens with one attached hydrogen (secondary N) is 1. The summed E-state index contributed by atoms with van der Waals surface area (Å²) in [6, 6.07) is 22.0. The van der Waals surface area contributed by atoms with Crippen LogP contribution >= 0.6 is 11.8 Å². The average molecular weight is 677 g/mol. The van der Waals surface area contributed by atoms with Gasteiger partial charge < -0.3 is 15.1 Å². The van der Waals surface area contributed by atoms with Crippen molar-refractivity contribution < 1.29 is 22.8 Å². The van der Waals surface area contributed by atoms with Gasteiger partial charge in [0.1, 0.15) is 12.0 Å². The molecule has 0 unspecified atom stereocenters. The summed E-state index contributed by atoms with van der Waals surface area (Å²) in [6.07, 6.45) is 3.36. The van der Waals surface area contributed by atoms with Gasteiger partial charge in [-0.2, -0.15) is 13.2 Å². The zero-order chi connectivity index (χ0) is 33.3. The van der Waals surface area contributed by atoms with Gasteiger partial charge in [0, 0.05) is 59.8 Å². The van der Waals surface area contributed by atoms with Crippen LogP contribution in [0.1, 0.15) is 72.0 Å². The van der Waals surface area contributed by atoms with Crippen LogP contribution in [0.4, 0.5) is 18.9 Å². The van der Waals surface area contributed by atoms with Crippen LogP contribution in [0.3, 0.4) is 0 Å². The van der Waals surface area contributed by atoms with E-state index in [0.717, 1.165) is 96.3 Å². The Morgan fingerprint density at radius 3 is 2.21 bits per heavy atom. The summed E-state index contributed by atoms with van der Waals surface area (Å²) in [5.74, 6) is -0.421. The molecule has 0 radical (unpaired) electrons. The minimum Gasteiger partial charge on any atom is -0.369 e. The number of rotatable bonds is 8. The summed E-state index contributed by atoms with van der Waals surface area (Å²) in [5.41, 5.74) is 3.40. The van der Waals surface area contributed by atoms with Crippen molar-refractivity contribution in [1.29, 1.82) is 0 Å². The van der Waals surface area contributed by atoms with E-state index in [1.807, 2.05) is 48.5 Å². The lowest BCUT2D eigenvalue weighted by atomic mass is 9.70. The van der Waals surface area contributed by atoms with Gasteiger partial charge in [-0.15, -0.1) is 0 Å². The molecule has 1 saturated carbocycles. The Kier molecular flexibility index (Phi) is 9.48. The minimum absolute atomic E-state index is 0.182. The number of halogens is 3. The molecule has 3 aliphatic heterocycles. The molecule has 6 nitrogen and oxygen atoms in total. The van der Waals surface area contributed by atoms with Crippen LogP contribution in [0.2, 0.25) is 0 Å². The van der Waals surface area contributed by atoms with E-state index >= 15 is 0 Å². The molecule has 0 bridgehead atoms. The van der Waals surface area contributed by atoms with Crippen molar-refractivity contribution in [2.24, 2.45) is 0 Å². The van der Waals surface area contributed by atoms with E-state index in [9.17, 15) is 22.8 Å². The molecule has 1 aliphatic carbocycles. The van der Waals surface area contributed by atoms with E-state index in [0.29, 0.717) is 18.9 Å². The second-order valence-corrected chi connectivity index (χ2v) is 14.7. The molecule has 48 heavy (non-hydrogen) atoms. The van der Waals surface area contributed by atoms with Crippen molar-refractivity contribution in [3.8, 4) is 0 Å². The fourth-order valence-electron chi connectivity index (χ4n) is 8.25. The highest BCUT2D eigenvalue weighted by molar-refractivity contribution is 7.99.